The molecule has 0 radical (unpaired) electrons. The second-order valence-corrected chi connectivity index (χ2v) is 5.27. The second kappa shape index (κ2) is 7.69. The highest BCUT2D eigenvalue weighted by Crippen LogP contribution is 2.13. The first-order valence-corrected chi connectivity index (χ1v) is 7.37. The molecule has 0 atom stereocenters. The van der Waals surface area contributed by atoms with E-state index < -0.39 is 0 Å². The van der Waals surface area contributed by atoms with Crippen LogP contribution in [0, 0.1) is 0 Å². The van der Waals surface area contributed by atoms with Crippen molar-refractivity contribution in [3.05, 3.63) is 48.2 Å². The molecule has 0 aromatic carbocycles. The van der Waals surface area contributed by atoms with Gasteiger partial charge in [0, 0.05) is 38.1 Å². The molecule has 5 heteroatoms. The van der Waals surface area contributed by atoms with Gasteiger partial charge < -0.3 is 10.2 Å². The maximum Gasteiger partial charge on any atom is 0.147 e. The number of rotatable bonds is 7. The molecule has 2 rings (SSSR count). The van der Waals surface area contributed by atoms with E-state index in [1.807, 2.05) is 36.9 Å². The molecule has 1 N–H and O–H groups in total. The normalized spacial score (nSPS) is 10.9. The van der Waals surface area contributed by atoms with Crippen LogP contribution in [-0.4, -0.2) is 27.5 Å². The Morgan fingerprint density at radius 3 is 2.48 bits per heavy atom. The maximum atomic E-state index is 4.53. The van der Waals surface area contributed by atoms with Gasteiger partial charge >= 0.3 is 0 Å². The number of pyridine rings is 1. The van der Waals surface area contributed by atoms with Crippen LogP contribution in [0.1, 0.15) is 32.0 Å². The van der Waals surface area contributed by atoms with Gasteiger partial charge in [-0.05, 0) is 24.6 Å². The fourth-order valence-corrected chi connectivity index (χ4v) is 1.97. The number of nitrogens with one attached hydrogen (secondary N) is 1. The Morgan fingerprint density at radius 2 is 1.90 bits per heavy atom. The first-order valence-electron chi connectivity index (χ1n) is 7.37. The van der Waals surface area contributed by atoms with Crippen LogP contribution in [0.25, 0.3) is 0 Å². The average molecular weight is 285 g/mol. The van der Waals surface area contributed by atoms with Gasteiger partial charge in [0.2, 0.25) is 0 Å². The van der Waals surface area contributed by atoms with Gasteiger partial charge in [-0.3, -0.25) is 9.97 Å². The van der Waals surface area contributed by atoms with E-state index in [2.05, 4.69) is 45.9 Å². The maximum absolute atomic E-state index is 4.53. The van der Waals surface area contributed by atoms with Gasteiger partial charge in [0.15, 0.2) is 0 Å². The Bertz CT molecular complexity index is 524. The Morgan fingerprint density at radius 1 is 1.14 bits per heavy atom. The molecule has 21 heavy (non-hydrogen) atoms. The summed E-state index contributed by atoms with van der Waals surface area (Å²) in [6.07, 6.45) is 7.33. The van der Waals surface area contributed by atoms with Gasteiger partial charge in [-0.2, -0.15) is 0 Å². The van der Waals surface area contributed by atoms with E-state index in [-0.39, 0.29) is 0 Å². The minimum absolute atomic E-state index is 0.449. The lowest BCUT2D eigenvalue weighted by Crippen LogP contribution is -2.24. The van der Waals surface area contributed by atoms with Gasteiger partial charge in [-0.15, -0.1) is 0 Å². The zero-order valence-electron chi connectivity index (χ0n) is 13.0. The van der Waals surface area contributed by atoms with Crippen LogP contribution in [0.4, 0.5) is 5.82 Å². The summed E-state index contributed by atoms with van der Waals surface area (Å²) >= 11 is 0. The lowest BCUT2D eigenvalue weighted by Gasteiger charge is -2.21. The van der Waals surface area contributed by atoms with Crippen LogP contribution < -0.4 is 10.2 Å². The molecule has 0 aliphatic heterocycles. The second-order valence-electron chi connectivity index (χ2n) is 5.27. The van der Waals surface area contributed by atoms with E-state index in [9.17, 15) is 0 Å². The summed E-state index contributed by atoms with van der Waals surface area (Å²) in [5, 5.41) is 3.34. The monoisotopic (exact) mass is 285 g/mol. The highest BCUT2D eigenvalue weighted by atomic mass is 15.2. The third kappa shape index (κ3) is 4.79. The van der Waals surface area contributed by atoms with Crippen molar-refractivity contribution in [3.8, 4) is 0 Å². The number of aromatic nitrogens is 3. The van der Waals surface area contributed by atoms with Crippen molar-refractivity contribution in [3.63, 3.8) is 0 Å². The molecule has 0 saturated heterocycles. The summed E-state index contributed by atoms with van der Waals surface area (Å²) in [5.41, 5.74) is 2.19. The van der Waals surface area contributed by atoms with E-state index in [1.165, 1.54) is 5.56 Å². The van der Waals surface area contributed by atoms with Crippen LogP contribution in [0.15, 0.2) is 36.9 Å². The Kier molecular flexibility index (Phi) is 5.63. The summed E-state index contributed by atoms with van der Waals surface area (Å²) < 4.78 is 0. The fourth-order valence-electron chi connectivity index (χ4n) is 1.97. The molecular weight excluding hydrogens is 262 g/mol. The van der Waals surface area contributed by atoms with Crippen LogP contribution >= 0.6 is 0 Å². The van der Waals surface area contributed by atoms with Gasteiger partial charge in [0.1, 0.15) is 5.82 Å². The first kappa shape index (κ1) is 15.4. The number of hydrogen-bond acceptors (Lipinski definition) is 5. The molecule has 0 amide bonds. The molecule has 0 saturated carbocycles. The zero-order valence-corrected chi connectivity index (χ0v) is 13.0. The van der Waals surface area contributed by atoms with Crippen LogP contribution in [0.3, 0.4) is 0 Å². The van der Waals surface area contributed by atoms with E-state index in [4.69, 9.17) is 0 Å². The summed E-state index contributed by atoms with van der Waals surface area (Å²) in [6.45, 7) is 8.82. The smallest absolute Gasteiger partial charge is 0.147 e. The third-order valence-corrected chi connectivity index (χ3v) is 3.21. The average Bonchev–Trinajstić information content (AvgIpc) is 2.52. The topological polar surface area (TPSA) is 53.9 Å². The van der Waals surface area contributed by atoms with Crippen molar-refractivity contribution < 1.29 is 0 Å². The molecule has 0 spiro atoms. The Balaban J connectivity index is 2.01. The van der Waals surface area contributed by atoms with E-state index >= 15 is 0 Å². The van der Waals surface area contributed by atoms with Crippen LogP contribution in [-0.2, 0) is 13.1 Å². The Hall–Kier alpha value is -2.01. The number of nitrogens with zero attached hydrogens (tertiary/aromatic N) is 4. The molecule has 0 fully saturated rings. The summed E-state index contributed by atoms with van der Waals surface area (Å²) in [5.74, 6) is 0.905. The van der Waals surface area contributed by atoms with E-state index in [0.29, 0.717) is 6.04 Å². The van der Waals surface area contributed by atoms with Gasteiger partial charge in [0.05, 0.1) is 18.1 Å². The fraction of sp³-hybridized carbons (Fsp3) is 0.438. The number of anilines is 1. The van der Waals surface area contributed by atoms with Crippen molar-refractivity contribution in [1.82, 2.24) is 20.3 Å². The predicted octanol–water partition coefficient (Wildman–Crippen LogP) is 2.40. The minimum atomic E-state index is 0.449. The van der Waals surface area contributed by atoms with Gasteiger partial charge in [-0.25, -0.2) is 4.98 Å². The Labute approximate surface area is 126 Å². The van der Waals surface area contributed by atoms with Crippen molar-refractivity contribution >= 4 is 5.82 Å². The van der Waals surface area contributed by atoms with Gasteiger partial charge in [-0.1, -0.05) is 13.8 Å². The highest BCUT2D eigenvalue weighted by molar-refractivity contribution is 5.37. The van der Waals surface area contributed by atoms with Crippen molar-refractivity contribution in [2.75, 3.05) is 11.4 Å². The van der Waals surface area contributed by atoms with Crippen molar-refractivity contribution in [2.24, 2.45) is 0 Å². The molecule has 5 nitrogen and oxygen atoms in total. The molecule has 2 aromatic heterocycles. The summed E-state index contributed by atoms with van der Waals surface area (Å²) in [6, 6.07) is 4.50. The molecular formula is C16H23N5. The lowest BCUT2D eigenvalue weighted by atomic mass is 10.2. The van der Waals surface area contributed by atoms with Crippen molar-refractivity contribution in [1.29, 1.82) is 0 Å². The summed E-state index contributed by atoms with van der Waals surface area (Å²) in [4.78, 5) is 15.3. The molecule has 2 aromatic rings. The van der Waals surface area contributed by atoms with Crippen LogP contribution in [0.2, 0.25) is 0 Å². The first-order chi connectivity index (χ1) is 10.2. The highest BCUT2D eigenvalue weighted by Gasteiger charge is 2.07. The zero-order chi connectivity index (χ0) is 15.1. The molecule has 2 heterocycles. The molecule has 112 valence electrons. The molecule has 0 aliphatic rings. The summed E-state index contributed by atoms with van der Waals surface area (Å²) in [7, 11) is 0. The van der Waals surface area contributed by atoms with Gasteiger partial charge in [0.25, 0.3) is 0 Å². The molecule has 0 bridgehead atoms. The SMILES string of the molecule is CCN(Cc1ccncc1)c1cnc(CNC(C)C)cn1. The lowest BCUT2D eigenvalue weighted by molar-refractivity contribution is 0.580. The minimum Gasteiger partial charge on any atom is -0.351 e. The molecule has 0 aliphatic carbocycles. The third-order valence-electron chi connectivity index (χ3n) is 3.21. The largest absolute Gasteiger partial charge is 0.351 e. The van der Waals surface area contributed by atoms with E-state index in [0.717, 1.165) is 31.1 Å². The van der Waals surface area contributed by atoms with Crippen molar-refractivity contribution in [2.45, 2.75) is 39.9 Å². The quantitative estimate of drug-likeness (QED) is 0.846. The van der Waals surface area contributed by atoms with Crippen LogP contribution in [0.5, 0.6) is 0 Å². The number of hydrogen-bond donors (Lipinski definition) is 1. The van der Waals surface area contributed by atoms with E-state index in [1.54, 1.807) is 0 Å². The standard InChI is InChI=1S/C16H23N5/c1-4-21(12-14-5-7-17-8-6-14)16-11-19-15(10-20-16)9-18-13(2)3/h5-8,10-11,13,18H,4,9,12H2,1-3H3. The molecule has 0 unspecified atom stereocenters. The predicted molar refractivity (Wildman–Crippen MR) is 85.0 cm³/mol.